The largest absolute Gasteiger partial charge is 0.494 e. The Bertz CT molecular complexity index is 779. The highest BCUT2D eigenvalue weighted by atomic mass is 32.9. The minimum absolute atomic E-state index is 0.666. The molecule has 1 N–H and O–H groups in total. The number of nitrogens with zero attached hydrogens (tertiary/aromatic N) is 2. The Morgan fingerprint density at radius 1 is 1.05 bits per heavy atom. The molecule has 0 unspecified atom stereocenters. The molecule has 0 aliphatic heterocycles. The maximum atomic E-state index is 5.42. The van der Waals surface area contributed by atoms with Crippen molar-refractivity contribution in [2.45, 2.75) is 6.92 Å². The van der Waals surface area contributed by atoms with Crippen molar-refractivity contribution < 1.29 is 4.74 Å². The number of hydrogen-bond acceptors (Lipinski definition) is 6. The van der Waals surface area contributed by atoms with E-state index in [0.29, 0.717) is 6.61 Å². The molecule has 0 atom stereocenters. The first-order chi connectivity index (χ1) is 10.8. The van der Waals surface area contributed by atoms with E-state index in [4.69, 9.17) is 4.74 Å². The molecule has 3 aromatic rings. The van der Waals surface area contributed by atoms with Gasteiger partial charge in [0, 0.05) is 5.69 Å². The lowest BCUT2D eigenvalue weighted by atomic mass is 10.3. The molecule has 0 fully saturated rings. The fraction of sp³-hybridized carbons (Fsp3) is 0.125. The first-order valence-electron chi connectivity index (χ1n) is 6.90. The molecule has 3 rings (SSSR count). The van der Waals surface area contributed by atoms with Gasteiger partial charge in [-0.25, -0.2) is 4.99 Å². The highest BCUT2D eigenvalue weighted by Gasteiger charge is 2.00. The van der Waals surface area contributed by atoms with Crippen LogP contribution in [-0.4, -0.2) is 11.6 Å². The topological polar surface area (TPSA) is 46.5 Å². The number of ether oxygens (including phenoxy) is 1. The van der Waals surface area contributed by atoms with E-state index in [2.05, 4.69) is 15.3 Å². The summed E-state index contributed by atoms with van der Waals surface area (Å²) in [5.74, 6) is 0.856. The molecule has 0 radical (unpaired) electrons. The number of rotatable bonds is 5. The van der Waals surface area contributed by atoms with Crippen LogP contribution in [0.2, 0.25) is 0 Å². The summed E-state index contributed by atoms with van der Waals surface area (Å²) in [4.78, 5) is 9.76. The predicted molar refractivity (Wildman–Crippen MR) is 92.5 cm³/mol. The van der Waals surface area contributed by atoms with Gasteiger partial charge in [0.15, 0.2) is 5.13 Å². The Kier molecular flexibility index (Phi) is 4.82. The van der Waals surface area contributed by atoms with Crippen LogP contribution >= 0.6 is 20.7 Å². The molecular formula is C16H15N3OS2. The number of anilines is 2. The van der Waals surface area contributed by atoms with Crippen LogP contribution in [0, 0.1) is 0 Å². The summed E-state index contributed by atoms with van der Waals surface area (Å²) in [5, 5.41) is 4.12. The van der Waals surface area contributed by atoms with Gasteiger partial charge < -0.3 is 10.1 Å². The van der Waals surface area contributed by atoms with E-state index in [1.54, 1.807) is 20.7 Å². The van der Waals surface area contributed by atoms with Crippen molar-refractivity contribution in [1.82, 2.24) is 4.98 Å². The number of benzene rings is 2. The van der Waals surface area contributed by atoms with Crippen LogP contribution in [-0.2, 0) is 0 Å². The van der Waals surface area contributed by atoms with Gasteiger partial charge in [0.25, 0.3) is 0 Å². The zero-order valence-corrected chi connectivity index (χ0v) is 13.7. The molecule has 0 spiro atoms. The summed E-state index contributed by atoms with van der Waals surface area (Å²) in [7, 11) is 3.12. The van der Waals surface area contributed by atoms with Crippen LogP contribution in [0.15, 0.2) is 59.6 Å². The summed E-state index contributed by atoms with van der Waals surface area (Å²) >= 11 is 0. The van der Waals surface area contributed by atoms with Gasteiger partial charge in [-0.05, 0) is 64.0 Å². The highest BCUT2D eigenvalue weighted by Crippen LogP contribution is 2.21. The van der Waals surface area contributed by atoms with Crippen LogP contribution in [0.5, 0.6) is 5.75 Å². The first-order valence-corrected chi connectivity index (χ1v) is 9.05. The minimum Gasteiger partial charge on any atom is -0.494 e. The maximum absolute atomic E-state index is 5.42. The molecule has 1 aromatic heterocycles. The number of aromatic nitrogens is 1. The molecule has 0 aliphatic rings. The zero-order chi connectivity index (χ0) is 15.2. The van der Waals surface area contributed by atoms with Crippen molar-refractivity contribution in [3.63, 3.8) is 0 Å². The Morgan fingerprint density at radius 3 is 2.55 bits per heavy atom. The Hall–Kier alpha value is -2.18. The lowest BCUT2D eigenvalue weighted by Gasteiger charge is -2.01. The molecule has 1 heterocycles. The fourth-order valence-electron chi connectivity index (χ4n) is 1.83. The van der Waals surface area contributed by atoms with E-state index in [1.807, 2.05) is 61.5 Å². The normalized spacial score (nSPS) is 11.4. The summed E-state index contributed by atoms with van der Waals surface area (Å²) in [5.41, 5.74) is 1.90. The van der Waals surface area contributed by atoms with Gasteiger partial charge >= 0.3 is 0 Å². The molecule has 22 heavy (non-hydrogen) atoms. The van der Waals surface area contributed by atoms with Crippen LogP contribution in [0.25, 0.3) is 0 Å². The molecular weight excluding hydrogens is 314 g/mol. The van der Waals surface area contributed by atoms with Crippen molar-refractivity contribution in [3.05, 3.63) is 59.4 Å². The zero-order valence-electron chi connectivity index (χ0n) is 12.0. The molecule has 0 amide bonds. The summed E-state index contributed by atoms with van der Waals surface area (Å²) in [6, 6.07) is 17.7. The van der Waals surface area contributed by atoms with Gasteiger partial charge in [-0.3, -0.25) is 0 Å². The van der Waals surface area contributed by atoms with Crippen LogP contribution < -0.4 is 14.9 Å². The Morgan fingerprint density at radius 2 is 1.82 bits per heavy atom. The maximum Gasteiger partial charge on any atom is 0.222 e. The molecule has 6 heteroatoms. The smallest absolute Gasteiger partial charge is 0.222 e. The second-order valence-electron chi connectivity index (χ2n) is 4.40. The third-order valence-corrected chi connectivity index (χ3v) is 4.73. The lowest BCUT2D eigenvalue weighted by molar-refractivity contribution is 0.340. The quantitative estimate of drug-likeness (QED) is 0.697. The second-order valence-corrected chi connectivity index (χ2v) is 6.48. The van der Waals surface area contributed by atoms with Crippen molar-refractivity contribution in [3.8, 4) is 5.75 Å². The van der Waals surface area contributed by atoms with Gasteiger partial charge in [-0.1, -0.05) is 18.2 Å². The van der Waals surface area contributed by atoms with E-state index in [0.717, 1.165) is 27.1 Å². The van der Waals surface area contributed by atoms with Crippen molar-refractivity contribution in [2.75, 3.05) is 11.9 Å². The molecule has 112 valence electrons. The SMILES string of the molecule is CCOc1ccc(N=c2nc(Nc3ccccc3)ss2)cc1. The molecule has 0 saturated heterocycles. The molecule has 0 bridgehead atoms. The average molecular weight is 329 g/mol. The molecule has 0 saturated carbocycles. The standard InChI is InChI=1S/C16H15N3OS2/c1-2-20-14-10-8-13(9-11-14)18-16-19-15(21-22-16)17-12-6-4-3-5-7-12/h3-11H,2H2,1H3,(H,17,18,19). The summed E-state index contributed by atoms with van der Waals surface area (Å²) < 4.78 is 5.42. The Labute approximate surface area is 136 Å². The third-order valence-electron chi connectivity index (χ3n) is 2.79. The van der Waals surface area contributed by atoms with E-state index in [9.17, 15) is 0 Å². The van der Waals surface area contributed by atoms with E-state index < -0.39 is 0 Å². The van der Waals surface area contributed by atoms with E-state index in [-0.39, 0.29) is 0 Å². The Balaban J connectivity index is 1.75. The van der Waals surface area contributed by atoms with Crippen molar-refractivity contribution in [2.24, 2.45) is 4.99 Å². The van der Waals surface area contributed by atoms with E-state index >= 15 is 0 Å². The summed E-state index contributed by atoms with van der Waals surface area (Å²) in [6.07, 6.45) is 0. The lowest BCUT2D eigenvalue weighted by Crippen LogP contribution is -1.99. The van der Waals surface area contributed by atoms with Crippen LogP contribution in [0.4, 0.5) is 16.5 Å². The van der Waals surface area contributed by atoms with Gasteiger partial charge in [0.2, 0.25) is 4.80 Å². The van der Waals surface area contributed by atoms with Crippen molar-refractivity contribution in [1.29, 1.82) is 0 Å². The predicted octanol–water partition coefficient (Wildman–Crippen LogP) is 4.58. The van der Waals surface area contributed by atoms with Crippen LogP contribution in [0.3, 0.4) is 0 Å². The third kappa shape index (κ3) is 3.93. The number of nitrogens with one attached hydrogen (secondary N) is 1. The summed E-state index contributed by atoms with van der Waals surface area (Å²) in [6.45, 7) is 2.63. The molecule has 0 aliphatic carbocycles. The van der Waals surface area contributed by atoms with Gasteiger partial charge in [-0.15, -0.1) is 0 Å². The van der Waals surface area contributed by atoms with Gasteiger partial charge in [0.1, 0.15) is 5.75 Å². The highest BCUT2D eigenvalue weighted by molar-refractivity contribution is 7.69. The molecule has 2 aromatic carbocycles. The first kappa shape index (κ1) is 14.7. The van der Waals surface area contributed by atoms with Crippen LogP contribution in [0.1, 0.15) is 6.92 Å². The molecule has 4 nitrogen and oxygen atoms in total. The van der Waals surface area contributed by atoms with Gasteiger partial charge in [-0.2, -0.15) is 4.98 Å². The number of hydrogen-bond donors (Lipinski definition) is 1. The average Bonchev–Trinajstić information content (AvgIpc) is 2.98. The minimum atomic E-state index is 0.666. The monoisotopic (exact) mass is 329 g/mol. The second kappa shape index (κ2) is 7.20. The van der Waals surface area contributed by atoms with Gasteiger partial charge in [0.05, 0.1) is 12.3 Å². The van der Waals surface area contributed by atoms with E-state index in [1.165, 1.54) is 0 Å². The van der Waals surface area contributed by atoms with Crippen molar-refractivity contribution >= 4 is 37.2 Å². The fourth-order valence-corrected chi connectivity index (χ4v) is 3.52. The number of para-hydroxylation sites is 1.